The minimum Gasteiger partial charge on any atom is -0.373 e. The van der Waals surface area contributed by atoms with Crippen molar-refractivity contribution in [2.45, 2.75) is 18.9 Å². The second kappa shape index (κ2) is 4.11. The van der Waals surface area contributed by atoms with Gasteiger partial charge >= 0.3 is 0 Å². The van der Waals surface area contributed by atoms with Crippen molar-refractivity contribution in [1.82, 2.24) is 0 Å². The Balaban J connectivity index is 2.22. The maximum absolute atomic E-state index is 13.3. The third kappa shape index (κ3) is 2.07. The number of halogens is 1. The topological polar surface area (TPSA) is 26.3 Å². The van der Waals surface area contributed by atoms with Gasteiger partial charge in [-0.05, 0) is 30.9 Å². The highest BCUT2D eigenvalue weighted by atomic mass is 19.1. The number of Topliss-reactive ketones (excluding diaryl/α,β-unsaturated/α-hetero) is 1. The van der Waals surface area contributed by atoms with Gasteiger partial charge in [0.2, 0.25) is 0 Å². The highest BCUT2D eigenvalue weighted by Gasteiger charge is 2.37. The van der Waals surface area contributed by atoms with Crippen molar-refractivity contribution in [1.29, 1.82) is 0 Å². The number of hydrogen-bond donors (Lipinski definition) is 0. The lowest BCUT2D eigenvalue weighted by Gasteiger charge is -2.13. The number of ketones is 1. The zero-order chi connectivity index (χ0) is 10.8. The molecule has 0 aliphatic heterocycles. The third-order valence-corrected chi connectivity index (χ3v) is 2.70. The average molecular weight is 208 g/mol. The Kier molecular flexibility index (Phi) is 2.82. The molecule has 0 heterocycles. The molecule has 0 bridgehead atoms. The van der Waals surface area contributed by atoms with Gasteiger partial charge in [-0.3, -0.25) is 4.79 Å². The van der Waals surface area contributed by atoms with Gasteiger partial charge in [0.15, 0.2) is 5.78 Å². The van der Waals surface area contributed by atoms with Crippen LogP contribution in [0.3, 0.4) is 0 Å². The van der Waals surface area contributed by atoms with Gasteiger partial charge in [-0.15, -0.1) is 0 Å². The number of rotatable bonds is 4. The summed E-state index contributed by atoms with van der Waals surface area (Å²) in [6.45, 7) is 0. The van der Waals surface area contributed by atoms with Crippen molar-refractivity contribution in [2.24, 2.45) is 5.92 Å². The van der Waals surface area contributed by atoms with Gasteiger partial charge in [0.25, 0.3) is 0 Å². The maximum atomic E-state index is 13.3. The summed E-state index contributed by atoms with van der Waals surface area (Å²) in [4.78, 5) is 11.9. The number of ether oxygens (including phenoxy) is 1. The van der Waals surface area contributed by atoms with Crippen LogP contribution in [0, 0.1) is 11.7 Å². The van der Waals surface area contributed by atoms with E-state index in [4.69, 9.17) is 4.74 Å². The molecule has 0 spiro atoms. The van der Waals surface area contributed by atoms with Crippen LogP contribution >= 0.6 is 0 Å². The summed E-state index contributed by atoms with van der Waals surface area (Å²) in [7, 11) is 1.50. The Labute approximate surface area is 88.1 Å². The molecule has 0 amide bonds. The van der Waals surface area contributed by atoms with Crippen LogP contribution in [0.25, 0.3) is 0 Å². The van der Waals surface area contributed by atoms with E-state index in [0.717, 1.165) is 12.8 Å². The van der Waals surface area contributed by atoms with E-state index in [9.17, 15) is 9.18 Å². The first-order chi connectivity index (χ1) is 7.24. The Morgan fingerprint density at radius 2 is 2.13 bits per heavy atom. The molecule has 2 nitrogen and oxygen atoms in total. The Bertz CT molecular complexity index is 372. The first kappa shape index (κ1) is 10.3. The predicted octanol–water partition coefficient (Wildman–Crippen LogP) is 2.43. The van der Waals surface area contributed by atoms with Crippen LogP contribution in [0.4, 0.5) is 4.39 Å². The van der Waals surface area contributed by atoms with Crippen LogP contribution < -0.4 is 0 Å². The molecule has 1 aliphatic rings. The molecular formula is C12H13FO2. The molecule has 1 fully saturated rings. The molecule has 3 heteroatoms. The second-order valence-electron chi connectivity index (χ2n) is 3.84. The molecule has 1 saturated carbocycles. The standard InChI is InChI=1S/C12H13FO2/c1-15-12(8-6-7-8)11(14)9-4-2-3-5-10(9)13/h2-5,8,12H,6-7H2,1H3. The van der Waals surface area contributed by atoms with E-state index in [2.05, 4.69) is 0 Å². The van der Waals surface area contributed by atoms with Crippen LogP contribution in [0.1, 0.15) is 23.2 Å². The molecule has 0 radical (unpaired) electrons. The fourth-order valence-corrected chi connectivity index (χ4v) is 1.73. The fourth-order valence-electron chi connectivity index (χ4n) is 1.73. The van der Waals surface area contributed by atoms with Crippen LogP contribution in [0.5, 0.6) is 0 Å². The highest BCUT2D eigenvalue weighted by Crippen LogP contribution is 2.35. The number of carbonyl (C=O) groups excluding carboxylic acids is 1. The third-order valence-electron chi connectivity index (χ3n) is 2.70. The molecule has 0 aromatic heterocycles. The summed E-state index contributed by atoms with van der Waals surface area (Å²) in [5.74, 6) is -0.426. The van der Waals surface area contributed by atoms with E-state index in [1.807, 2.05) is 0 Å². The molecule has 15 heavy (non-hydrogen) atoms. The molecule has 1 unspecified atom stereocenters. The van der Waals surface area contributed by atoms with Gasteiger partial charge < -0.3 is 4.74 Å². The lowest BCUT2D eigenvalue weighted by Crippen LogP contribution is -2.26. The van der Waals surface area contributed by atoms with Gasteiger partial charge in [-0.25, -0.2) is 4.39 Å². The quantitative estimate of drug-likeness (QED) is 0.710. The molecule has 1 atom stereocenters. The van der Waals surface area contributed by atoms with Gasteiger partial charge in [-0.1, -0.05) is 12.1 Å². The molecule has 1 aliphatic carbocycles. The summed E-state index contributed by atoms with van der Waals surface area (Å²) in [6.07, 6.45) is 1.53. The lowest BCUT2D eigenvalue weighted by atomic mass is 10.0. The van der Waals surface area contributed by atoms with Crippen molar-refractivity contribution >= 4 is 5.78 Å². The van der Waals surface area contributed by atoms with E-state index in [0.29, 0.717) is 0 Å². The average Bonchev–Trinajstić information content (AvgIpc) is 3.03. The fraction of sp³-hybridized carbons (Fsp3) is 0.417. The first-order valence-corrected chi connectivity index (χ1v) is 5.05. The van der Waals surface area contributed by atoms with Gasteiger partial charge in [0.05, 0.1) is 5.56 Å². The first-order valence-electron chi connectivity index (χ1n) is 5.05. The molecule has 80 valence electrons. The zero-order valence-electron chi connectivity index (χ0n) is 8.57. The highest BCUT2D eigenvalue weighted by molar-refractivity contribution is 6.00. The summed E-state index contributed by atoms with van der Waals surface area (Å²) >= 11 is 0. The SMILES string of the molecule is COC(C(=O)c1ccccc1F)C1CC1. The minimum atomic E-state index is -0.470. The van der Waals surface area contributed by atoms with E-state index in [1.54, 1.807) is 12.1 Å². The van der Waals surface area contributed by atoms with Crippen LogP contribution in [0.15, 0.2) is 24.3 Å². The van der Waals surface area contributed by atoms with E-state index in [-0.39, 0.29) is 17.3 Å². The number of hydrogen-bond acceptors (Lipinski definition) is 2. The van der Waals surface area contributed by atoms with Crippen LogP contribution in [-0.4, -0.2) is 19.0 Å². The summed E-state index contributed by atoms with van der Waals surface area (Å²) in [5.41, 5.74) is 0.135. The smallest absolute Gasteiger partial charge is 0.194 e. The number of benzene rings is 1. The van der Waals surface area contributed by atoms with E-state index >= 15 is 0 Å². The molecule has 0 N–H and O–H groups in total. The summed E-state index contributed by atoms with van der Waals surface area (Å²) in [6, 6.07) is 6.04. The summed E-state index contributed by atoms with van der Waals surface area (Å²) in [5, 5.41) is 0. The van der Waals surface area contributed by atoms with E-state index in [1.165, 1.54) is 19.2 Å². The monoisotopic (exact) mass is 208 g/mol. The molecule has 0 saturated heterocycles. The Morgan fingerprint density at radius 3 is 2.67 bits per heavy atom. The Morgan fingerprint density at radius 1 is 1.47 bits per heavy atom. The maximum Gasteiger partial charge on any atom is 0.194 e. The van der Waals surface area contributed by atoms with Crippen molar-refractivity contribution in [3.8, 4) is 0 Å². The Hall–Kier alpha value is -1.22. The minimum absolute atomic E-state index is 0.135. The molecule has 1 aromatic carbocycles. The number of methoxy groups -OCH3 is 1. The van der Waals surface area contributed by atoms with Gasteiger partial charge in [-0.2, -0.15) is 0 Å². The van der Waals surface area contributed by atoms with Crippen molar-refractivity contribution in [2.75, 3.05) is 7.11 Å². The zero-order valence-corrected chi connectivity index (χ0v) is 8.57. The van der Waals surface area contributed by atoms with Crippen molar-refractivity contribution < 1.29 is 13.9 Å². The van der Waals surface area contributed by atoms with E-state index < -0.39 is 11.9 Å². The van der Waals surface area contributed by atoms with Crippen LogP contribution in [0.2, 0.25) is 0 Å². The normalized spacial score (nSPS) is 17.5. The summed E-state index contributed by atoms with van der Waals surface area (Å²) < 4.78 is 18.5. The lowest BCUT2D eigenvalue weighted by molar-refractivity contribution is 0.0536. The molecule has 1 aromatic rings. The van der Waals surface area contributed by atoms with Crippen LogP contribution in [-0.2, 0) is 4.74 Å². The largest absolute Gasteiger partial charge is 0.373 e. The van der Waals surface area contributed by atoms with Gasteiger partial charge in [0.1, 0.15) is 11.9 Å². The van der Waals surface area contributed by atoms with Gasteiger partial charge in [0, 0.05) is 7.11 Å². The molecule has 2 rings (SSSR count). The van der Waals surface area contributed by atoms with Crippen molar-refractivity contribution in [3.05, 3.63) is 35.6 Å². The number of carbonyl (C=O) groups is 1. The molecular weight excluding hydrogens is 195 g/mol. The second-order valence-corrected chi connectivity index (χ2v) is 3.84. The predicted molar refractivity (Wildman–Crippen MR) is 54.3 cm³/mol. The van der Waals surface area contributed by atoms with Crippen molar-refractivity contribution in [3.63, 3.8) is 0 Å².